The molecule has 0 N–H and O–H groups in total. The van der Waals surface area contributed by atoms with E-state index in [-0.39, 0.29) is 45.4 Å². The van der Waals surface area contributed by atoms with Gasteiger partial charge in [-0.05, 0) is 74.8 Å². The average Bonchev–Trinajstić information content (AvgIpc) is 3.21. The third kappa shape index (κ3) is 3.20. The maximum Gasteiger partial charge on any atom is 0.338 e. The van der Waals surface area contributed by atoms with E-state index in [1.807, 2.05) is 30.3 Å². The Morgan fingerprint density at radius 3 is 2.59 bits per heavy atom. The fourth-order valence-electron chi connectivity index (χ4n) is 8.95. The first kappa shape index (κ1) is 23.0. The van der Waals surface area contributed by atoms with Gasteiger partial charge in [-0.25, -0.2) is 4.79 Å². The standard InChI is InChI=1S/C28H35BrO5/c1-17(30)33-19-10-13-27-16-32-24(28(27,29)15-19)14-20-21-8-9-23(26(21,2)12-11-22(20)27)34-25(31)18-6-4-3-5-7-18/h3-7,19-24H,8-16H2,1-2H3/t19-,20-,21+,22+,23+,24+,26+,27-,28+/m1/s1. The van der Waals surface area contributed by atoms with E-state index >= 15 is 0 Å². The van der Waals surface area contributed by atoms with Crippen LogP contribution in [-0.4, -0.2) is 41.2 Å². The molecule has 5 fully saturated rings. The van der Waals surface area contributed by atoms with Crippen LogP contribution in [0.25, 0.3) is 0 Å². The number of ether oxygens (including phenoxy) is 3. The Bertz CT molecular complexity index is 982. The van der Waals surface area contributed by atoms with Crippen LogP contribution in [0.3, 0.4) is 0 Å². The van der Waals surface area contributed by atoms with Crippen molar-refractivity contribution in [3.05, 3.63) is 35.9 Å². The lowest BCUT2D eigenvalue weighted by Gasteiger charge is -2.62. The van der Waals surface area contributed by atoms with Crippen LogP contribution < -0.4 is 0 Å². The largest absolute Gasteiger partial charge is 0.463 e. The highest BCUT2D eigenvalue weighted by atomic mass is 79.9. The predicted molar refractivity (Wildman–Crippen MR) is 131 cm³/mol. The normalized spacial score (nSPS) is 46.7. The Morgan fingerprint density at radius 1 is 1.03 bits per heavy atom. The minimum atomic E-state index is -0.191. The summed E-state index contributed by atoms with van der Waals surface area (Å²) >= 11 is 4.22. The number of carbonyl (C=O) groups is 2. The fourth-order valence-corrected chi connectivity index (χ4v) is 10.2. The molecule has 1 heterocycles. The summed E-state index contributed by atoms with van der Waals surface area (Å²) in [6.07, 6.45) is 8.30. The van der Waals surface area contributed by atoms with E-state index in [0.717, 1.165) is 58.0 Å². The van der Waals surface area contributed by atoms with E-state index in [4.69, 9.17) is 14.2 Å². The molecule has 184 valence electrons. The van der Waals surface area contributed by atoms with Crippen LogP contribution in [-0.2, 0) is 19.0 Å². The maximum absolute atomic E-state index is 12.9. The van der Waals surface area contributed by atoms with Crippen LogP contribution in [0.5, 0.6) is 0 Å². The van der Waals surface area contributed by atoms with Gasteiger partial charge in [0, 0.05) is 24.2 Å². The number of carbonyl (C=O) groups excluding carboxylic acids is 2. The molecule has 0 unspecified atom stereocenters. The van der Waals surface area contributed by atoms with Gasteiger partial charge in [-0.2, -0.15) is 0 Å². The number of halogens is 1. The second-order valence-corrected chi connectivity index (χ2v) is 13.2. The van der Waals surface area contributed by atoms with Gasteiger partial charge in [0.1, 0.15) is 12.2 Å². The number of rotatable bonds is 3. The van der Waals surface area contributed by atoms with E-state index in [9.17, 15) is 9.59 Å². The Morgan fingerprint density at radius 2 is 1.82 bits per heavy atom. The van der Waals surface area contributed by atoms with Gasteiger partial charge in [-0.1, -0.05) is 41.1 Å². The van der Waals surface area contributed by atoms with Gasteiger partial charge in [0.15, 0.2) is 0 Å². The average molecular weight is 531 g/mol. The summed E-state index contributed by atoms with van der Waals surface area (Å²) in [5.74, 6) is 1.38. The number of hydrogen-bond acceptors (Lipinski definition) is 5. The smallest absolute Gasteiger partial charge is 0.338 e. The highest BCUT2D eigenvalue weighted by Gasteiger charge is 2.72. The zero-order valence-electron chi connectivity index (χ0n) is 20.1. The van der Waals surface area contributed by atoms with Crippen molar-refractivity contribution in [2.75, 3.05) is 6.61 Å². The number of alkyl halides is 1. The second kappa shape index (κ2) is 8.06. The van der Waals surface area contributed by atoms with E-state index in [1.54, 1.807) is 0 Å². The molecule has 4 saturated carbocycles. The predicted octanol–water partition coefficient (Wildman–Crippen LogP) is 5.69. The van der Waals surface area contributed by atoms with Crippen LogP contribution in [0.1, 0.15) is 75.6 Å². The number of benzene rings is 1. The van der Waals surface area contributed by atoms with E-state index < -0.39 is 0 Å². The fraction of sp³-hybridized carbons (Fsp3) is 0.714. The van der Waals surface area contributed by atoms with Crippen molar-refractivity contribution in [3.63, 3.8) is 0 Å². The second-order valence-electron chi connectivity index (χ2n) is 11.8. The Kier molecular flexibility index (Phi) is 5.46. The number of fused-ring (bicyclic) bond motifs is 3. The lowest BCUT2D eigenvalue weighted by molar-refractivity contribution is -0.154. The summed E-state index contributed by atoms with van der Waals surface area (Å²) in [6.45, 7) is 4.70. The first-order chi connectivity index (χ1) is 16.3. The maximum atomic E-state index is 12.9. The molecule has 1 aliphatic heterocycles. The quantitative estimate of drug-likeness (QED) is 0.370. The summed E-state index contributed by atoms with van der Waals surface area (Å²) < 4.78 is 18.2. The van der Waals surface area contributed by atoms with E-state index in [2.05, 4.69) is 22.9 Å². The highest BCUT2D eigenvalue weighted by Crippen LogP contribution is 2.72. The third-order valence-electron chi connectivity index (χ3n) is 10.5. The molecule has 5 aliphatic rings. The Balaban J connectivity index is 1.23. The monoisotopic (exact) mass is 530 g/mol. The zero-order valence-corrected chi connectivity index (χ0v) is 21.7. The van der Waals surface area contributed by atoms with Crippen molar-refractivity contribution in [2.45, 2.75) is 87.9 Å². The van der Waals surface area contributed by atoms with E-state index in [0.29, 0.717) is 23.3 Å². The molecule has 2 bridgehead atoms. The third-order valence-corrected chi connectivity index (χ3v) is 12.1. The first-order valence-corrected chi connectivity index (χ1v) is 13.8. The van der Waals surface area contributed by atoms with Gasteiger partial charge in [-0.3, -0.25) is 4.79 Å². The first-order valence-electron chi connectivity index (χ1n) is 13.0. The van der Waals surface area contributed by atoms with Gasteiger partial charge in [0.2, 0.25) is 0 Å². The molecule has 1 aromatic rings. The van der Waals surface area contributed by atoms with Gasteiger partial charge >= 0.3 is 11.9 Å². The van der Waals surface area contributed by atoms with Crippen molar-refractivity contribution in [3.8, 4) is 0 Å². The Labute approximate surface area is 210 Å². The van der Waals surface area contributed by atoms with Crippen molar-refractivity contribution in [1.82, 2.24) is 0 Å². The lowest BCUT2D eigenvalue weighted by Crippen LogP contribution is -2.64. The topological polar surface area (TPSA) is 61.8 Å². The summed E-state index contributed by atoms with van der Waals surface area (Å²) in [6, 6.07) is 9.38. The molecule has 6 rings (SSSR count). The highest BCUT2D eigenvalue weighted by molar-refractivity contribution is 9.10. The van der Waals surface area contributed by atoms with Crippen molar-refractivity contribution in [1.29, 1.82) is 0 Å². The molecular formula is C28H35BrO5. The van der Waals surface area contributed by atoms with Crippen molar-refractivity contribution < 1.29 is 23.8 Å². The molecule has 34 heavy (non-hydrogen) atoms. The molecule has 0 spiro atoms. The zero-order chi connectivity index (χ0) is 23.7. The van der Waals surface area contributed by atoms with Crippen LogP contribution in [0, 0.1) is 28.6 Å². The SMILES string of the molecule is CC(=O)O[C@@H]1CC[C@@]23CO[C@@H](C[C@@H]4[C@@H]5CC[C@H](OC(=O)c6ccccc6)[C@@]5(C)CC[C@@H]42)[C@@]3(Br)C1. The molecule has 0 amide bonds. The van der Waals surface area contributed by atoms with Gasteiger partial charge in [0.05, 0.1) is 22.6 Å². The molecule has 5 nitrogen and oxygen atoms in total. The van der Waals surface area contributed by atoms with E-state index in [1.165, 1.54) is 6.92 Å². The van der Waals surface area contributed by atoms with Crippen molar-refractivity contribution in [2.24, 2.45) is 28.6 Å². The summed E-state index contributed by atoms with van der Waals surface area (Å²) in [5, 5.41) is 0. The molecule has 0 radical (unpaired) electrons. The van der Waals surface area contributed by atoms with Crippen LogP contribution in [0.2, 0.25) is 0 Å². The van der Waals surface area contributed by atoms with Crippen molar-refractivity contribution >= 4 is 27.9 Å². The molecule has 4 aliphatic carbocycles. The van der Waals surface area contributed by atoms with Crippen LogP contribution in [0.15, 0.2) is 30.3 Å². The number of hydrogen-bond donors (Lipinski definition) is 0. The van der Waals surface area contributed by atoms with Gasteiger partial charge in [-0.15, -0.1) is 0 Å². The molecule has 6 heteroatoms. The van der Waals surface area contributed by atoms with Gasteiger partial charge < -0.3 is 14.2 Å². The van der Waals surface area contributed by atoms with Crippen LogP contribution >= 0.6 is 15.9 Å². The molecule has 0 aromatic heterocycles. The molecule has 1 saturated heterocycles. The number of esters is 2. The Hall–Kier alpha value is -1.40. The minimum Gasteiger partial charge on any atom is -0.463 e. The lowest BCUT2D eigenvalue weighted by atomic mass is 9.45. The minimum absolute atomic E-state index is 0.0161. The summed E-state index contributed by atoms with van der Waals surface area (Å²) in [5.41, 5.74) is 0.778. The molecule has 9 atom stereocenters. The van der Waals surface area contributed by atoms with Gasteiger partial charge in [0.25, 0.3) is 0 Å². The van der Waals surface area contributed by atoms with Crippen LogP contribution in [0.4, 0.5) is 0 Å². The summed E-state index contributed by atoms with van der Waals surface area (Å²) in [4.78, 5) is 24.5. The summed E-state index contributed by atoms with van der Waals surface area (Å²) in [7, 11) is 0. The molecule has 1 aromatic carbocycles. The molecular weight excluding hydrogens is 496 g/mol.